The summed E-state index contributed by atoms with van der Waals surface area (Å²) in [5, 5.41) is 21.5. The predicted molar refractivity (Wildman–Crippen MR) is 37.8 cm³/mol. The smallest absolute Gasteiger partial charge is 0.274 e. The van der Waals surface area contributed by atoms with Crippen molar-refractivity contribution in [2.75, 3.05) is 0 Å². The van der Waals surface area contributed by atoms with Gasteiger partial charge in [0, 0.05) is 13.8 Å². The van der Waals surface area contributed by atoms with Gasteiger partial charge in [0.05, 0.1) is 9.70 Å². The van der Waals surface area contributed by atoms with Gasteiger partial charge in [-0.1, -0.05) is 6.58 Å². The first-order valence-corrected chi connectivity index (χ1v) is 2.87. The Hall–Kier alpha value is -1.32. The van der Waals surface area contributed by atoms with Gasteiger partial charge in [0.1, 0.15) is 5.57 Å². The summed E-state index contributed by atoms with van der Waals surface area (Å²) in [6.45, 7) is 6.69. The molecule has 1 rings (SSSR count). The average Bonchev–Trinajstić information content (AvgIpc) is 2.07. The summed E-state index contributed by atoms with van der Waals surface area (Å²) in [5.74, 6) is 0. The van der Waals surface area contributed by atoms with E-state index >= 15 is 0 Å². The van der Waals surface area contributed by atoms with Crippen molar-refractivity contribution in [1.82, 2.24) is 0 Å². The molecule has 0 aromatic heterocycles. The van der Waals surface area contributed by atoms with Gasteiger partial charge >= 0.3 is 0 Å². The quantitative estimate of drug-likeness (QED) is 0.361. The van der Waals surface area contributed by atoms with Gasteiger partial charge in [0.15, 0.2) is 0 Å². The number of rotatable bonds is 0. The standard InChI is InChI=1S/C6H8N2O2/c1-4-5(2)7(9)8(10)6(4)3/h1H2,2-3H3. The lowest BCUT2D eigenvalue weighted by atomic mass is 10.1. The van der Waals surface area contributed by atoms with Crippen LogP contribution in [0.3, 0.4) is 0 Å². The van der Waals surface area contributed by atoms with E-state index in [1.54, 1.807) is 13.8 Å². The van der Waals surface area contributed by atoms with Crippen LogP contribution in [0.4, 0.5) is 0 Å². The van der Waals surface area contributed by atoms with Crippen LogP contribution >= 0.6 is 0 Å². The molecule has 0 amide bonds. The first kappa shape index (κ1) is 6.80. The minimum Gasteiger partial charge on any atom is -0.561 e. The van der Waals surface area contributed by atoms with Gasteiger partial charge in [-0.2, -0.15) is 0 Å². The second-order valence-corrected chi connectivity index (χ2v) is 2.20. The molecule has 0 unspecified atom stereocenters. The molecule has 0 aliphatic carbocycles. The van der Waals surface area contributed by atoms with E-state index in [-0.39, 0.29) is 9.70 Å². The summed E-state index contributed by atoms with van der Waals surface area (Å²) >= 11 is 0. The summed E-state index contributed by atoms with van der Waals surface area (Å²) < 4.78 is 0. The Labute approximate surface area is 58.5 Å². The Morgan fingerprint density at radius 3 is 1.50 bits per heavy atom. The average molecular weight is 140 g/mol. The first-order chi connectivity index (χ1) is 4.55. The summed E-state index contributed by atoms with van der Waals surface area (Å²) in [4.78, 5) is 0.579. The van der Waals surface area contributed by atoms with E-state index in [0.29, 0.717) is 17.0 Å². The van der Waals surface area contributed by atoms with Gasteiger partial charge < -0.3 is 10.4 Å². The highest BCUT2D eigenvalue weighted by Crippen LogP contribution is 2.05. The number of hydrazone groups is 2. The molecule has 1 aliphatic rings. The van der Waals surface area contributed by atoms with Gasteiger partial charge in [0.2, 0.25) is 0 Å². The van der Waals surface area contributed by atoms with E-state index < -0.39 is 0 Å². The molecule has 0 fully saturated rings. The predicted octanol–water partition coefficient (Wildman–Crippen LogP) is 0.414. The molecule has 0 atom stereocenters. The highest BCUT2D eigenvalue weighted by atomic mass is 16.7. The topological polar surface area (TPSA) is 52.1 Å². The molecule has 0 radical (unpaired) electrons. The van der Waals surface area contributed by atoms with Crippen LogP contribution in [-0.4, -0.2) is 21.1 Å². The minimum absolute atomic E-state index is 0.289. The molecular formula is C6H8N2O2. The molecule has 10 heavy (non-hydrogen) atoms. The van der Waals surface area contributed by atoms with Crippen LogP contribution in [0.5, 0.6) is 0 Å². The van der Waals surface area contributed by atoms with Crippen LogP contribution in [0.15, 0.2) is 12.2 Å². The molecule has 0 saturated carbocycles. The third-order valence-corrected chi connectivity index (χ3v) is 1.61. The summed E-state index contributed by atoms with van der Waals surface area (Å²) in [7, 11) is 0. The highest BCUT2D eigenvalue weighted by molar-refractivity contribution is 6.19. The Bertz CT molecular complexity index is 237. The van der Waals surface area contributed by atoms with Crippen molar-refractivity contribution in [2.45, 2.75) is 13.8 Å². The molecule has 0 N–H and O–H groups in total. The Kier molecular flexibility index (Phi) is 1.24. The van der Waals surface area contributed by atoms with Gasteiger partial charge in [0.25, 0.3) is 11.4 Å². The molecular weight excluding hydrogens is 132 g/mol. The summed E-state index contributed by atoms with van der Waals surface area (Å²) in [5.41, 5.74) is 1.25. The Morgan fingerprint density at radius 2 is 1.40 bits per heavy atom. The lowest BCUT2D eigenvalue weighted by molar-refractivity contribution is -1.05. The van der Waals surface area contributed by atoms with Crippen LogP contribution in [-0.2, 0) is 0 Å². The van der Waals surface area contributed by atoms with Gasteiger partial charge in [-0.25, -0.2) is 0 Å². The fraction of sp³-hybridized carbons (Fsp3) is 0.333. The van der Waals surface area contributed by atoms with E-state index in [1.807, 2.05) is 0 Å². The zero-order chi connectivity index (χ0) is 7.89. The van der Waals surface area contributed by atoms with E-state index in [1.165, 1.54) is 0 Å². The number of hydrazine groups is 1. The van der Waals surface area contributed by atoms with Crippen molar-refractivity contribution in [3.8, 4) is 0 Å². The van der Waals surface area contributed by atoms with Crippen molar-refractivity contribution in [2.24, 2.45) is 0 Å². The van der Waals surface area contributed by atoms with Crippen LogP contribution < -0.4 is 0 Å². The van der Waals surface area contributed by atoms with Crippen molar-refractivity contribution < 1.29 is 9.70 Å². The summed E-state index contributed by atoms with van der Waals surface area (Å²) in [6, 6.07) is 0. The van der Waals surface area contributed by atoms with Crippen molar-refractivity contribution in [3.05, 3.63) is 22.6 Å². The lowest BCUT2D eigenvalue weighted by Crippen LogP contribution is -2.15. The molecule has 0 aromatic rings. The van der Waals surface area contributed by atoms with Crippen LogP contribution in [0.2, 0.25) is 0 Å². The number of nitrogens with zero attached hydrogens (tertiary/aromatic N) is 2. The molecule has 0 aromatic carbocycles. The van der Waals surface area contributed by atoms with Gasteiger partial charge in [-0.3, -0.25) is 0 Å². The molecule has 0 saturated heterocycles. The maximum atomic E-state index is 10.7. The van der Waals surface area contributed by atoms with Crippen molar-refractivity contribution in [1.29, 1.82) is 0 Å². The van der Waals surface area contributed by atoms with Gasteiger partial charge in [-0.15, -0.1) is 0 Å². The minimum atomic E-state index is 0.289. The molecule has 1 heterocycles. The highest BCUT2D eigenvalue weighted by Gasteiger charge is 2.31. The van der Waals surface area contributed by atoms with Crippen molar-refractivity contribution >= 4 is 11.4 Å². The first-order valence-electron chi connectivity index (χ1n) is 2.87. The van der Waals surface area contributed by atoms with Crippen LogP contribution in [0, 0.1) is 10.4 Å². The number of allylic oxidation sites excluding steroid dienone is 1. The van der Waals surface area contributed by atoms with Gasteiger partial charge in [-0.05, 0) is 0 Å². The SMILES string of the molecule is C=C1C(C)=[N+]([O-])[N+]([O-])=C1C. The van der Waals surface area contributed by atoms with E-state index in [4.69, 9.17) is 0 Å². The summed E-state index contributed by atoms with van der Waals surface area (Å²) in [6.07, 6.45) is 0. The molecule has 0 spiro atoms. The molecule has 1 aliphatic heterocycles. The molecule has 54 valence electrons. The van der Waals surface area contributed by atoms with Crippen molar-refractivity contribution in [3.63, 3.8) is 0 Å². The third kappa shape index (κ3) is 0.618. The molecule has 4 heteroatoms. The zero-order valence-corrected chi connectivity index (χ0v) is 5.92. The Balaban J connectivity index is 3.22. The second-order valence-electron chi connectivity index (χ2n) is 2.20. The molecule has 4 nitrogen and oxygen atoms in total. The molecule has 0 bridgehead atoms. The third-order valence-electron chi connectivity index (χ3n) is 1.61. The largest absolute Gasteiger partial charge is 0.561 e. The number of hydrogen-bond acceptors (Lipinski definition) is 2. The van der Waals surface area contributed by atoms with E-state index in [0.717, 1.165) is 0 Å². The van der Waals surface area contributed by atoms with Crippen LogP contribution in [0.25, 0.3) is 0 Å². The lowest BCUT2D eigenvalue weighted by Gasteiger charge is -1.94. The van der Waals surface area contributed by atoms with E-state index in [9.17, 15) is 10.4 Å². The fourth-order valence-corrected chi connectivity index (χ4v) is 0.765. The maximum Gasteiger partial charge on any atom is 0.274 e. The maximum absolute atomic E-state index is 10.7. The normalized spacial score (nSPS) is 19.2. The van der Waals surface area contributed by atoms with E-state index in [2.05, 4.69) is 6.58 Å². The van der Waals surface area contributed by atoms with Crippen LogP contribution in [0.1, 0.15) is 13.8 Å². The fourth-order valence-electron chi connectivity index (χ4n) is 0.765. The second kappa shape index (κ2) is 1.83. The Morgan fingerprint density at radius 1 is 1.10 bits per heavy atom. The monoisotopic (exact) mass is 140 g/mol. The zero-order valence-electron chi connectivity index (χ0n) is 5.92. The number of hydrogen-bond donors (Lipinski definition) is 0.